The van der Waals surface area contributed by atoms with Crippen LogP contribution in [-0.2, 0) is 16.0 Å². The SMILES string of the molecule is COc1cc(C=CC(=O)OCC(C)=CCc2c(O)ccc(C(=O)C=Cc3ccc(O)cc3)c2O)cc(OC)c1O. The van der Waals surface area contributed by atoms with Gasteiger partial charge in [-0.2, -0.15) is 0 Å². The van der Waals surface area contributed by atoms with Gasteiger partial charge < -0.3 is 34.6 Å². The minimum Gasteiger partial charge on any atom is -0.508 e. The lowest BCUT2D eigenvalue weighted by Crippen LogP contribution is -2.04. The molecule has 0 atom stereocenters. The Morgan fingerprint density at radius 2 is 1.43 bits per heavy atom. The lowest BCUT2D eigenvalue weighted by atomic mass is 10.0. The lowest BCUT2D eigenvalue weighted by molar-refractivity contribution is -0.136. The molecule has 3 aromatic rings. The van der Waals surface area contributed by atoms with Crippen LogP contribution in [0.2, 0.25) is 0 Å². The molecule has 9 heteroatoms. The van der Waals surface area contributed by atoms with Crippen molar-refractivity contribution in [2.45, 2.75) is 13.3 Å². The maximum atomic E-state index is 12.7. The third-order valence-electron chi connectivity index (χ3n) is 5.85. The minimum atomic E-state index is -0.613. The van der Waals surface area contributed by atoms with Gasteiger partial charge in [0.2, 0.25) is 5.75 Å². The molecule has 0 unspecified atom stereocenters. The quantitative estimate of drug-likeness (QED) is 0.111. The number of phenolic OH excluding ortho intramolecular Hbond substituents is 4. The van der Waals surface area contributed by atoms with Crippen molar-refractivity contribution in [2.75, 3.05) is 20.8 Å². The van der Waals surface area contributed by atoms with Crippen molar-refractivity contribution in [3.05, 3.63) is 94.6 Å². The van der Waals surface area contributed by atoms with Gasteiger partial charge in [-0.05, 0) is 78.6 Å². The number of carbonyl (C=O) groups is 2. The van der Waals surface area contributed by atoms with Crippen LogP contribution in [0, 0.1) is 0 Å². The summed E-state index contributed by atoms with van der Waals surface area (Å²) in [7, 11) is 2.80. The number of esters is 1. The van der Waals surface area contributed by atoms with Crippen LogP contribution in [0.25, 0.3) is 12.2 Å². The summed E-state index contributed by atoms with van der Waals surface area (Å²) < 4.78 is 15.4. The van der Waals surface area contributed by atoms with Gasteiger partial charge in [-0.25, -0.2) is 4.79 Å². The van der Waals surface area contributed by atoms with Crippen molar-refractivity contribution in [3.8, 4) is 34.5 Å². The van der Waals surface area contributed by atoms with E-state index in [1.807, 2.05) is 0 Å². The average molecular weight is 547 g/mol. The van der Waals surface area contributed by atoms with E-state index in [1.54, 1.807) is 31.2 Å². The first-order valence-electron chi connectivity index (χ1n) is 12.1. The summed E-state index contributed by atoms with van der Waals surface area (Å²) in [6.07, 6.45) is 7.31. The summed E-state index contributed by atoms with van der Waals surface area (Å²) in [4.78, 5) is 24.8. The maximum Gasteiger partial charge on any atom is 0.331 e. The second kappa shape index (κ2) is 13.6. The fraction of sp³-hybridized carbons (Fsp3) is 0.161. The summed E-state index contributed by atoms with van der Waals surface area (Å²) >= 11 is 0. The zero-order valence-corrected chi connectivity index (χ0v) is 22.2. The van der Waals surface area contributed by atoms with Crippen LogP contribution >= 0.6 is 0 Å². The van der Waals surface area contributed by atoms with Gasteiger partial charge in [-0.1, -0.05) is 24.3 Å². The van der Waals surface area contributed by atoms with Gasteiger partial charge in [0.05, 0.1) is 19.8 Å². The van der Waals surface area contributed by atoms with E-state index >= 15 is 0 Å². The Kier molecular flexibility index (Phi) is 9.96. The molecule has 0 fully saturated rings. The first-order valence-corrected chi connectivity index (χ1v) is 12.1. The Hall–Kier alpha value is -5.18. The molecular weight excluding hydrogens is 516 g/mol. The molecule has 0 bridgehead atoms. The normalized spacial score (nSPS) is 11.6. The predicted octanol–water partition coefficient (Wildman–Crippen LogP) is 5.17. The van der Waals surface area contributed by atoms with Crippen LogP contribution in [0.5, 0.6) is 34.5 Å². The van der Waals surface area contributed by atoms with Crippen molar-refractivity contribution < 1.29 is 44.2 Å². The molecule has 4 N–H and O–H groups in total. The van der Waals surface area contributed by atoms with E-state index in [0.29, 0.717) is 16.7 Å². The molecule has 0 aliphatic heterocycles. The number of allylic oxidation sites excluding steroid dienone is 2. The molecule has 0 aliphatic carbocycles. The van der Waals surface area contributed by atoms with Crippen molar-refractivity contribution >= 4 is 23.9 Å². The number of ether oxygens (including phenoxy) is 3. The van der Waals surface area contributed by atoms with Gasteiger partial charge in [0.15, 0.2) is 17.3 Å². The van der Waals surface area contributed by atoms with Crippen molar-refractivity contribution in [3.63, 3.8) is 0 Å². The number of aromatic hydroxyl groups is 4. The fourth-order valence-corrected chi connectivity index (χ4v) is 3.62. The van der Waals surface area contributed by atoms with E-state index in [2.05, 4.69) is 0 Å². The minimum absolute atomic E-state index is 0.0212. The Morgan fingerprint density at radius 3 is 2.05 bits per heavy atom. The second-order valence-corrected chi connectivity index (χ2v) is 8.72. The van der Waals surface area contributed by atoms with Crippen molar-refractivity contribution in [1.29, 1.82) is 0 Å². The van der Waals surface area contributed by atoms with E-state index < -0.39 is 11.8 Å². The number of ketones is 1. The Morgan fingerprint density at radius 1 is 0.800 bits per heavy atom. The molecule has 0 heterocycles. The summed E-state index contributed by atoms with van der Waals surface area (Å²) in [5.74, 6) is -1.26. The number of hydrogen-bond acceptors (Lipinski definition) is 9. The maximum absolute atomic E-state index is 12.7. The summed E-state index contributed by atoms with van der Waals surface area (Å²) in [5.41, 5.74) is 2.07. The first-order chi connectivity index (χ1) is 19.1. The largest absolute Gasteiger partial charge is 0.508 e. The zero-order valence-electron chi connectivity index (χ0n) is 22.2. The summed E-state index contributed by atoms with van der Waals surface area (Å²) in [6, 6.07) is 12.0. The molecule has 0 spiro atoms. The third-order valence-corrected chi connectivity index (χ3v) is 5.85. The molecular formula is C31H30O9. The molecule has 9 nitrogen and oxygen atoms in total. The number of hydrogen-bond donors (Lipinski definition) is 4. The van der Waals surface area contributed by atoms with Crippen molar-refractivity contribution in [2.24, 2.45) is 0 Å². The number of methoxy groups -OCH3 is 2. The summed E-state index contributed by atoms with van der Waals surface area (Å²) in [6.45, 7) is 1.68. The van der Waals surface area contributed by atoms with Gasteiger partial charge >= 0.3 is 5.97 Å². The van der Waals surface area contributed by atoms with E-state index in [4.69, 9.17) is 14.2 Å². The Balaban J connectivity index is 1.63. The van der Waals surface area contributed by atoms with Crippen LogP contribution in [0.15, 0.2) is 72.3 Å². The highest BCUT2D eigenvalue weighted by atomic mass is 16.5. The van der Waals surface area contributed by atoms with E-state index in [9.17, 15) is 30.0 Å². The van der Waals surface area contributed by atoms with Crippen LogP contribution in [0.1, 0.15) is 34.0 Å². The lowest BCUT2D eigenvalue weighted by Gasteiger charge is -2.10. The third kappa shape index (κ3) is 7.67. The number of phenols is 4. The van der Waals surface area contributed by atoms with Crippen LogP contribution in [-0.4, -0.2) is 53.0 Å². The molecule has 0 radical (unpaired) electrons. The first kappa shape index (κ1) is 29.4. The van der Waals surface area contributed by atoms with Crippen LogP contribution in [0.3, 0.4) is 0 Å². The number of carbonyl (C=O) groups excluding carboxylic acids is 2. The molecule has 3 aromatic carbocycles. The molecule has 0 aliphatic rings. The van der Waals surface area contributed by atoms with Gasteiger partial charge in [0.1, 0.15) is 23.9 Å². The number of benzene rings is 3. The van der Waals surface area contributed by atoms with Gasteiger partial charge in [0.25, 0.3) is 0 Å². The molecule has 208 valence electrons. The van der Waals surface area contributed by atoms with E-state index in [0.717, 1.165) is 0 Å². The van der Waals surface area contributed by atoms with Crippen LogP contribution < -0.4 is 9.47 Å². The van der Waals surface area contributed by atoms with E-state index in [-0.39, 0.29) is 58.7 Å². The van der Waals surface area contributed by atoms with Gasteiger partial charge in [-0.3, -0.25) is 4.79 Å². The zero-order chi connectivity index (χ0) is 29.2. The Labute approximate surface area is 231 Å². The molecule has 3 rings (SSSR count). The van der Waals surface area contributed by atoms with Gasteiger partial charge in [0, 0.05) is 11.6 Å². The van der Waals surface area contributed by atoms with Gasteiger partial charge in [-0.15, -0.1) is 0 Å². The topological polar surface area (TPSA) is 143 Å². The van der Waals surface area contributed by atoms with Crippen molar-refractivity contribution in [1.82, 2.24) is 0 Å². The fourth-order valence-electron chi connectivity index (χ4n) is 3.62. The molecule has 40 heavy (non-hydrogen) atoms. The standard InChI is InChI=1S/C31H30O9/c1-19(18-40-29(35)15-8-21-16-27(38-2)31(37)28(17-21)39-3)4-11-23-26(34)14-12-24(30(23)36)25(33)13-7-20-5-9-22(32)10-6-20/h4-10,12-17,32,34,36-37H,11,18H2,1-3H3. The second-order valence-electron chi connectivity index (χ2n) is 8.72. The molecule has 0 amide bonds. The summed E-state index contributed by atoms with van der Waals surface area (Å²) in [5, 5.41) is 40.3. The number of rotatable bonds is 11. The van der Waals surface area contributed by atoms with E-state index in [1.165, 1.54) is 68.8 Å². The highest BCUT2D eigenvalue weighted by Gasteiger charge is 2.16. The Bertz CT molecular complexity index is 1440. The predicted molar refractivity (Wildman–Crippen MR) is 150 cm³/mol. The average Bonchev–Trinajstić information content (AvgIpc) is 2.94. The smallest absolute Gasteiger partial charge is 0.331 e. The monoisotopic (exact) mass is 546 g/mol. The van der Waals surface area contributed by atoms with Crippen LogP contribution in [0.4, 0.5) is 0 Å². The molecule has 0 saturated carbocycles. The molecule has 0 aromatic heterocycles. The highest BCUT2D eigenvalue weighted by Crippen LogP contribution is 2.37. The molecule has 0 saturated heterocycles. The highest BCUT2D eigenvalue weighted by molar-refractivity contribution is 6.09.